The molecule has 0 saturated carbocycles. The summed E-state index contributed by atoms with van der Waals surface area (Å²) in [4.78, 5) is 39.3. The van der Waals surface area contributed by atoms with Gasteiger partial charge in [0.15, 0.2) is 0 Å². The second-order valence-corrected chi connectivity index (χ2v) is 6.86. The van der Waals surface area contributed by atoms with Gasteiger partial charge < -0.3 is 9.15 Å². The average Bonchev–Trinajstić information content (AvgIpc) is 3.30. The lowest BCUT2D eigenvalue weighted by atomic mass is 9.78. The van der Waals surface area contributed by atoms with Gasteiger partial charge in [-0.25, -0.2) is 0 Å². The summed E-state index contributed by atoms with van der Waals surface area (Å²) >= 11 is 0. The van der Waals surface area contributed by atoms with E-state index < -0.39 is 29.4 Å². The number of benzene rings is 1. The predicted octanol–water partition coefficient (Wildman–Crippen LogP) is 1.63. The number of nitrogens with zero attached hydrogens (tertiary/aromatic N) is 1. The number of esters is 1. The topological polar surface area (TPSA) is 88.8 Å². The molecule has 1 N–H and O–H groups in total. The number of ether oxygens (including phenoxy) is 1. The minimum absolute atomic E-state index is 0.308. The van der Waals surface area contributed by atoms with Gasteiger partial charge in [0.05, 0.1) is 25.0 Å². The van der Waals surface area contributed by atoms with Crippen LogP contribution < -0.4 is 5.32 Å². The Kier molecular flexibility index (Phi) is 3.66. The summed E-state index contributed by atoms with van der Waals surface area (Å²) in [6, 6.07) is 8.79. The largest absolute Gasteiger partial charge is 0.468 e. The van der Waals surface area contributed by atoms with Gasteiger partial charge in [0.2, 0.25) is 11.8 Å². The van der Waals surface area contributed by atoms with Crippen LogP contribution in [0.4, 0.5) is 0 Å². The Morgan fingerprint density at radius 2 is 2.04 bits per heavy atom. The lowest BCUT2D eigenvalue weighted by Crippen LogP contribution is -2.55. The second-order valence-electron chi connectivity index (χ2n) is 6.86. The van der Waals surface area contributed by atoms with Crippen LogP contribution in [0.2, 0.25) is 0 Å². The van der Waals surface area contributed by atoms with E-state index in [1.807, 2.05) is 30.3 Å². The Balaban J connectivity index is 1.86. The van der Waals surface area contributed by atoms with Crippen molar-refractivity contribution in [1.82, 2.24) is 10.2 Å². The number of para-hydroxylation sites is 1. The summed E-state index contributed by atoms with van der Waals surface area (Å²) in [5, 5.41) is 4.13. The fourth-order valence-corrected chi connectivity index (χ4v) is 4.38. The molecule has 136 valence electrons. The fourth-order valence-electron chi connectivity index (χ4n) is 4.38. The number of hydrogen-bond donors (Lipinski definition) is 1. The molecule has 0 radical (unpaired) electrons. The number of fused-ring (bicyclic) bond motifs is 2. The highest BCUT2D eigenvalue weighted by Gasteiger charge is 2.68. The van der Waals surface area contributed by atoms with Crippen molar-refractivity contribution in [1.29, 1.82) is 0 Å². The van der Waals surface area contributed by atoms with E-state index in [0.29, 0.717) is 17.8 Å². The molecule has 2 amide bonds. The van der Waals surface area contributed by atoms with Gasteiger partial charge in [-0.1, -0.05) is 25.1 Å². The molecule has 1 aromatic heterocycles. The normalized spacial score (nSPS) is 30.9. The second kappa shape index (κ2) is 5.67. The predicted molar refractivity (Wildman–Crippen MR) is 91.9 cm³/mol. The Morgan fingerprint density at radius 1 is 1.31 bits per heavy atom. The van der Waals surface area contributed by atoms with Gasteiger partial charge >= 0.3 is 5.97 Å². The molecule has 2 aliphatic rings. The van der Waals surface area contributed by atoms with E-state index in [1.165, 1.54) is 14.2 Å². The van der Waals surface area contributed by atoms with Crippen molar-refractivity contribution in [2.75, 3.05) is 14.2 Å². The third-order valence-electron chi connectivity index (χ3n) is 5.73. The van der Waals surface area contributed by atoms with Crippen molar-refractivity contribution >= 4 is 28.8 Å². The monoisotopic (exact) mass is 356 g/mol. The van der Waals surface area contributed by atoms with Crippen LogP contribution in [0.5, 0.6) is 0 Å². The third kappa shape index (κ3) is 2.00. The zero-order valence-electron chi connectivity index (χ0n) is 14.8. The van der Waals surface area contributed by atoms with Crippen LogP contribution in [0.3, 0.4) is 0 Å². The zero-order chi connectivity index (χ0) is 18.6. The Hall–Kier alpha value is -2.67. The van der Waals surface area contributed by atoms with Crippen molar-refractivity contribution in [3.63, 3.8) is 0 Å². The third-order valence-corrected chi connectivity index (χ3v) is 5.73. The van der Waals surface area contributed by atoms with Gasteiger partial charge in [0.1, 0.15) is 16.9 Å². The number of likely N-dealkylation sites (tertiary alicyclic amines) is 1. The molecular weight excluding hydrogens is 336 g/mol. The highest BCUT2D eigenvalue weighted by molar-refractivity contribution is 6.09. The Labute approximate surface area is 150 Å². The number of carbonyl (C=O) groups excluding carboxylic acids is 3. The first kappa shape index (κ1) is 16.8. The van der Waals surface area contributed by atoms with Gasteiger partial charge in [-0.05, 0) is 18.6 Å². The van der Waals surface area contributed by atoms with Crippen molar-refractivity contribution in [3.05, 3.63) is 36.1 Å². The summed E-state index contributed by atoms with van der Waals surface area (Å²) in [5.41, 5.74) is -0.557. The molecule has 0 bridgehead atoms. The van der Waals surface area contributed by atoms with Crippen molar-refractivity contribution in [2.24, 2.45) is 11.8 Å². The molecule has 0 spiro atoms. The van der Waals surface area contributed by atoms with E-state index in [2.05, 4.69) is 5.32 Å². The molecule has 3 heterocycles. The summed E-state index contributed by atoms with van der Waals surface area (Å²) in [7, 11) is 2.74. The highest BCUT2D eigenvalue weighted by Crippen LogP contribution is 2.50. The van der Waals surface area contributed by atoms with Gasteiger partial charge in [-0.2, -0.15) is 0 Å². The van der Waals surface area contributed by atoms with E-state index in [9.17, 15) is 14.4 Å². The summed E-state index contributed by atoms with van der Waals surface area (Å²) in [6.07, 6.45) is 0.324. The molecular formula is C19H20N2O5. The number of nitrogens with one attached hydrogen (secondary N) is 1. The molecule has 4 atom stereocenters. The maximum Gasteiger partial charge on any atom is 0.326 e. The molecule has 26 heavy (non-hydrogen) atoms. The van der Waals surface area contributed by atoms with Crippen LogP contribution in [0, 0.1) is 11.8 Å². The highest BCUT2D eigenvalue weighted by atomic mass is 16.5. The summed E-state index contributed by atoms with van der Waals surface area (Å²) in [6.45, 7) is 1.80. The molecule has 4 rings (SSSR count). The summed E-state index contributed by atoms with van der Waals surface area (Å²) < 4.78 is 10.9. The number of imide groups is 1. The quantitative estimate of drug-likeness (QED) is 0.664. The number of hydrogen-bond acceptors (Lipinski definition) is 6. The SMILES string of the molecule is CC[C@]1(C(=O)OC)N[C@@H](c2cc3ccccc3o2)[C@H]2C(=O)N(C)C(=O)[C@H]21. The minimum Gasteiger partial charge on any atom is -0.468 e. The van der Waals surface area contributed by atoms with Gasteiger partial charge in [-0.15, -0.1) is 0 Å². The van der Waals surface area contributed by atoms with Gasteiger partial charge in [-0.3, -0.25) is 24.6 Å². The molecule has 2 aliphatic heterocycles. The molecule has 0 aliphatic carbocycles. The standard InChI is InChI=1S/C19H20N2O5/c1-4-19(18(24)25-3)14-13(16(22)21(2)17(14)23)15(20-19)12-9-10-7-5-6-8-11(10)26-12/h5-9,13-15,20H,4H2,1-3H3/t13-,14-,15-,19-/m0/s1. The van der Waals surface area contributed by atoms with Crippen LogP contribution in [0.1, 0.15) is 25.1 Å². The van der Waals surface area contributed by atoms with Gasteiger partial charge in [0, 0.05) is 12.4 Å². The van der Waals surface area contributed by atoms with Crippen LogP contribution in [-0.4, -0.2) is 42.4 Å². The van der Waals surface area contributed by atoms with Crippen LogP contribution in [0.15, 0.2) is 34.7 Å². The van der Waals surface area contributed by atoms with E-state index in [1.54, 1.807) is 6.92 Å². The Morgan fingerprint density at radius 3 is 2.69 bits per heavy atom. The molecule has 2 fully saturated rings. The first-order chi connectivity index (χ1) is 12.4. The van der Waals surface area contributed by atoms with E-state index >= 15 is 0 Å². The number of rotatable bonds is 3. The first-order valence-corrected chi connectivity index (χ1v) is 8.60. The first-order valence-electron chi connectivity index (χ1n) is 8.60. The van der Waals surface area contributed by atoms with Crippen LogP contribution >= 0.6 is 0 Å². The molecule has 7 heteroatoms. The smallest absolute Gasteiger partial charge is 0.326 e. The summed E-state index contributed by atoms with van der Waals surface area (Å²) in [5.74, 6) is -2.18. The fraction of sp³-hybridized carbons (Fsp3) is 0.421. The van der Waals surface area contributed by atoms with Crippen LogP contribution in [0.25, 0.3) is 11.0 Å². The molecule has 1 aromatic carbocycles. The van der Waals surface area contributed by atoms with Gasteiger partial charge in [0.25, 0.3) is 0 Å². The molecule has 0 unspecified atom stereocenters. The van der Waals surface area contributed by atoms with E-state index in [-0.39, 0.29) is 11.8 Å². The number of carbonyl (C=O) groups is 3. The minimum atomic E-state index is -1.25. The maximum absolute atomic E-state index is 12.8. The lowest BCUT2D eigenvalue weighted by Gasteiger charge is -2.30. The molecule has 7 nitrogen and oxygen atoms in total. The lowest BCUT2D eigenvalue weighted by molar-refractivity contribution is -0.154. The van der Waals surface area contributed by atoms with Crippen molar-refractivity contribution in [2.45, 2.75) is 24.9 Å². The van der Waals surface area contributed by atoms with E-state index in [4.69, 9.17) is 9.15 Å². The number of furan rings is 1. The van der Waals surface area contributed by atoms with Crippen molar-refractivity contribution < 1.29 is 23.5 Å². The molecule has 2 saturated heterocycles. The van der Waals surface area contributed by atoms with Crippen LogP contribution in [-0.2, 0) is 19.1 Å². The van der Waals surface area contributed by atoms with Crippen molar-refractivity contribution in [3.8, 4) is 0 Å². The average molecular weight is 356 g/mol. The zero-order valence-corrected chi connectivity index (χ0v) is 14.8. The Bertz CT molecular complexity index is 887. The maximum atomic E-state index is 12.8. The molecule has 2 aromatic rings. The number of methoxy groups -OCH3 is 1. The van der Waals surface area contributed by atoms with E-state index in [0.717, 1.165) is 10.3 Å². The number of amides is 2.